The molecular formula is C17H18N4O3. The second-order valence-corrected chi connectivity index (χ2v) is 5.25. The van der Waals surface area contributed by atoms with Gasteiger partial charge in [-0.25, -0.2) is 9.48 Å². The predicted octanol–water partition coefficient (Wildman–Crippen LogP) is 2.30. The molecule has 0 radical (unpaired) electrons. The molecule has 1 aliphatic rings. The molecule has 1 N–H and O–H groups in total. The summed E-state index contributed by atoms with van der Waals surface area (Å²) in [5, 5.41) is 7.34. The highest BCUT2D eigenvalue weighted by molar-refractivity contribution is 5.92. The molecule has 7 heteroatoms. The lowest BCUT2D eigenvalue weighted by Gasteiger charge is -2.28. The van der Waals surface area contributed by atoms with E-state index in [1.165, 1.54) is 12.4 Å². The van der Waals surface area contributed by atoms with Gasteiger partial charge in [-0.2, -0.15) is 10.1 Å². The van der Waals surface area contributed by atoms with Crippen LogP contribution in [0.5, 0.6) is 5.75 Å². The number of esters is 1. The lowest BCUT2D eigenvalue weighted by atomic mass is 9.96. The second kappa shape index (κ2) is 6.57. The average Bonchev–Trinajstić information content (AvgIpc) is 3.06. The summed E-state index contributed by atoms with van der Waals surface area (Å²) in [5.74, 6) is 0.901. The van der Waals surface area contributed by atoms with Gasteiger partial charge < -0.3 is 14.8 Å². The molecule has 1 aromatic carbocycles. The Balaban J connectivity index is 2.06. The Morgan fingerprint density at radius 3 is 2.83 bits per heavy atom. The van der Waals surface area contributed by atoms with Gasteiger partial charge in [0.2, 0.25) is 5.95 Å². The molecule has 1 atom stereocenters. The molecule has 0 unspecified atom stereocenters. The summed E-state index contributed by atoms with van der Waals surface area (Å²) in [4.78, 5) is 16.7. The van der Waals surface area contributed by atoms with Crippen LogP contribution in [-0.2, 0) is 9.53 Å². The number of carbonyl (C=O) groups is 1. The van der Waals surface area contributed by atoms with E-state index in [1.54, 1.807) is 11.8 Å². The summed E-state index contributed by atoms with van der Waals surface area (Å²) in [6, 6.07) is 7.06. The van der Waals surface area contributed by atoms with Crippen molar-refractivity contribution in [3.63, 3.8) is 0 Å². The number of hydrogen-bond acceptors (Lipinski definition) is 6. The van der Waals surface area contributed by atoms with E-state index in [-0.39, 0.29) is 6.61 Å². The van der Waals surface area contributed by atoms with Crippen molar-refractivity contribution in [2.75, 3.05) is 19.0 Å². The lowest BCUT2D eigenvalue weighted by molar-refractivity contribution is -0.138. The minimum atomic E-state index is -0.424. The van der Waals surface area contributed by atoms with E-state index in [0.29, 0.717) is 17.2 Å². The Morgan fingerprint density at radius 2 is 2.17 bits per heavy atom. The first-order valence-electron chi connectivity index (χ1n) is 7.45. The molecule has 0 saturated heterocycles. The van der Waals surface area contributed by atoms with E-state index in [9.17, 15) is 4.79 Å². The van der Waals surface area contributed by atoms with Crippen LogP contribution in [0.3, 0.4) is 0 Å². The Labute approximate surface area is 139 Å². The van der Waals surface area contributed by atoms with Gasteiger partial charge in [0.25, 0.3) is 0 Å². The Hall–Kier alpha value is -3.09. The fourth-order valence-electron chi connectivity index (χ4n) is 2.66. The standard InChI is InChI=1S/C17H18N4O3/c1-4-9-24-16(22)14-11(2)20-17-18-10-19-21(17)15(14)12-5-7-13(23-3)8-6-12/h4-8,10,15H,1,9H2,2-3H3,(H,18,19,20)/t15-/m1/s1. The van der Waals surface area contributed by atoms with Crippen LogP contribution < -0.4 is 10.1 Å². The Morgan fingerprint density at radius 1 is 1.42 bits per heavy atom. The fourth-order valence-corrected chi connectivity index (χ4v) is 2.66. The van der Waals surface area contributed by atoms with Gasteiger partial charge in [-0.05, 0) is 24.6 Å². The smallest absolute Gasteiger partial charge is 0.338 e. The quantitative estimate of drug-likeness (QED) is 0.671. The predicted molar refractivity (Wildman–Crippen MR) is 88.6 cm³/mol. The molecule has 1 aliphatic heterocycles. The van der Waals surface area contributed by atoms with Gasteiger partial charge in [0, 0.05) is 5.70 Å². The van der Waals surface area contributed by atoms with Crippen LogP contribution in [0.25, 0.3) is 0 Å². The highest BCUT2D eigenvalue weighted by Gasteiger charge is 2.34. The van der Waals surface area contributed by atoms with Gasteiger partial charge in [-0.1, -0.05) is 24.8 Å². The van der Waals surface area contributed by atoms with Gasteiger partial charge >= 0.3 is 5.97 Å². The third-order valence-corrected chi connectivity index (χ3v) is 3.78. The number of hydrogen-bond donors (Lipinski definition) is 1. The number of rotatable bonds is 5. The molecule has 0 spiro atoms. The zero-order valence-electron chi connectivity index (χ0n) is 13.5. The van der Waals surface area contributed by atoms with E-state index < -0.39 is 12.0 Å². The number of methoxy groups -OCH3 is 1. The van der Waals surface area contributed by atoms with Crippen LogP contribution >= 0.6 is 0 Å². The van der Waals surface area contributed by atoms with Crippen LogP contribution in [0.4, 0.5) is 5.95 Å². The Bertz CT molecular complexity index is 792. The van der Waals surface area contributed by atoms with Gasteiger partial charge in [0.1, 0.15) is 24.7 Å². The first-order valence-corrected chi connectivity index (χ1v) is 7.45. The fraction of sp³-hybridized carbons (Fsp3) is 0.235. The number of anilines is 1. The van der Waals surface area contributed by atoms with Gasteiger partial charge in [-0.3, -0.25) is 0 Å². The maximum absolute atomic E-state index is 12.6. The van der Waals surface area contributed by atoms with E-state index in [1.807, 2.05) is 31.2 Å². The third-order valence-electron chi connectivity index (χ3n) is 3.78. The van der Waals surface area contributed by atoms with Crippen molar-refractivity contribution in [3.05, 3.63) is 60.1 Å². The SMILES string of the molecule is C=CCOC(=O)C1=C(C)Nc2ncnn2[C@@H]1c1ccc(OC)cc1. The van der Waals surface area contributed by atoms with E-state index in [4.69, 9.17) is 9.47 Å². The first-order chi connectivity index (χ1) is 11.7. The highest BCUT2D eigenvalue weighted by atomic mass is 16.5. The largest absolute Gasteiger partial charge is 0.497 e. The molecule has 0 aliphatic carbocycles. The molecule has 0 bridgehead atoms. The number of ether oxygens (including phenoxy) is 2. The van der Waals surface area contributed by atoms with Crippen molar-refractivity contribution in [2.45, 2.75) is 13.0 Å². The monoisotopic (exact) mass is 326 g/mol. The molecule has 1 aromatic heterocycles. The Kier molecular flexibility index (Phi) is 4.33. The van der Waals surface area contributed by atoms with Crippen molar-refractivity contribution < 1.29 is 14.3 Å². The number of aromatic nitrogens is 3. The number of allylic oxidation sites excluding steroid dienone is 1. The average molecular weight is 326 g/mol. The van der Waals surface area contributed by atoms with Gasteiger partial charge in [0.05, 0.1) is 12.7 Å². The van der Waals surface area contributed by atoms with Crippen LogP contribution in [-0.4, -0.2) is 34.5 Å². The van der Waals surface area contributed by atoms with Crippen molar-refractivity contribution in [3.8, 4) is 5.75 Å². The third kappa shape index (κ3) is 2.76. The minimum absolute atomic E-state index is 0.148. The molecule has 124 valence electrons. The molecule has 0 saturated carbocycles. The molecule has 7 nitrogen and oxygen atoms in total. The maximum atomic E-state index is 12.6. The molecule has 0 fully saturated rings. The first kappa shape index (κ1) is 15.8. The van der Waals surface area contributed by atoms with Crippen LogP contribution in [0.1, 0.15) is 18.5 Å². The van der Waals surface area contributed by atoms with Crippen molar-refractivity contribution >= 4 is 11.9 Å². The van der Waals surface area contributed by atoms with E-state index in [0.717, 1.165) is 11.3 Å². The molecule has 2 heterocycles. The number of nitrogens with one attached hydrogen (secondary N) is 1. The second-order valence-electron chi connectivity index (χ2n) is 5.25. The van der Waals surface area contributed by atoms with E-state index in [2.05, 4.69) is 22.0 Å². The molecular weight excluding hydrogens is 308 g/mol. The normalized spacial score (nSPS) is 16.2. The number of benzene rings is 1. The lowest BCUT2D eigenvalue weighted by Crippen LogP contribution is -2.29. The maximum Gasteiger partial charge on any atom is 0.338 e. The van der Waals surface area contributed by atoms with Gasteiger partial charge in [0.15, 0.2) is 0 Å². The minimum Gasteiger partial charge on any atom is -0.497 e. The zero-order valence-corrected chi connectivity index (χ0v) is 13.5. The van der Waals surface area contributed by atoms with Crippen molar-refractivity contribution in [1.29, 1.82) is 0 Å². The molecule has 24 heavy (non-hydrogen) atoms. The summed E-state index contributed by atoms with van der Waals surface area (Å²) in [5.41, 5.74) is 2.05. The topological polar surface area (TPSA) is 78.3 Å². The summed E-state index contributed by atoms with van der Waals surface area (Å²) in [6.45, 7) is 5.54. The van der Waals surface area contributed by atoms with E-state index >= 15 is 0 Å². The van der Waals surface area contributed by atoms with Crippen LogP contribution in [0, 0.1) is 0 Å². The number of nitrogens with zero attached hydrogens (tertiary/aromatic N) is 3. The van der Waals surface area contributed by atoms with Crippen LogP contribution in [0.15, 0.2) is 54.5 Å². The molecule has 0 amide bonds. The van der Waals surface area contributed by atoms with Crippen molar-refractivity contribution in [1.82, 2.24) is 14.8 Å². The number of fused-ring (bicyclic) bond motifs is 1. The van der Waals surface area contributed by atoms with Gasteiger partial charge in [-0.15, -0.1) is 0 Å². The van der Waals surface area contributed by atoms with Crippen LogP contribution in [0.2, 0.25) is 0 Å². The van der Waals surface area contributed by atoms with Crippen molar-refractivity contribution in [2.24, 2.45) is 0 Å². The highest BCUT2D eigenvalue weighted by Crippen LogP contribution is 2.35. The summed E-state index contributed by atoms with van der Waals surface area (Å²) >= 11 is 0. The zero-order chi connectivity index (χ0) is 17.1. The summed E-state index contributed by atoms with van der Waals surface area (Å²) in [6.07, 6.45) is 2.98. The molecule has 3 rings (SSSR count). The summed E-state index contributed by atoms with van der Waals surface area (Å²) in [7, 11) is 1.61. The molecule has 2 aromatic rings. The summed E-state index contributed by atoms with van der Waals surface area (Å²) < 4.78 is 12.1. The number of carbonyl (C=O) groups excluding carboxylic acids is 1.